The molecule has 1 aliphatic rings. The lowest BCUT2D eigenvalue weighted by molar-refractivity contribution is -0.0784. The van der Waals surface area contributed by atoms with Crippen molar-refractivity contribution in [3.05, 3.63) is 0 Å². The van der Waals surface area contributed by atoms with E-state index in [4.69, 9.17) is 14.9 Å². The molecule has 0 aromatic carbocycles. The normalized spacial score (nSPS) is 28.3. The van der Waals surface area contributed by atoms with Crippen molar-refractivity contribution >= 4 is 0 Å². The van der Waals surface area contributed by atoms with Crippen LogP contribution in [0.2, 0.25) is 0 Å². The average molecular weight is 202 g/mol. The van der Waals surface area contributed by atoms with Crippen molar-refractivity contribution < 1.29 is 14.9 Å². The Balaban J connectivity index is 2.21. The fourth-order valence-corrected chi connectivity index (χ4v) is 2.09. The minimum Gasteiger partial charge on any atom is -0.394 e. The third kappa shape index (κ3) is 3.56. The van der Waals surface area contributed by atoms with Crippen molar-refractivity contribution in [3.8, 4) is 0 Å². The second kappa shape index (κ2) is 6.38. The molecule has 0 amide bonds. The van der Waals surface area contributed by atoms with Gasteiger partial charge in [-0.25, -0.2) is 0 Å². The molecule has 1 aliphatic carbocycles. The van der Waals surface area contributed by atoms with Crippen molar-refractivity contribution in [3.63, 3.8) is 0 Å². The molecule has 0 heterocycles. The topological polar surface area (TPSA) is 49.7 Å². The monoisotopic (exact) mass is 202 g/mol. The quantitative estimate of drug-likeness (QED) is 0.707. The molecule has 14 heavy (non-hydrogen) atoms. The Bertz CT molecular complexity index is 137. The number of hydrogen-bond donors (Lipinski definition) is 2. The van der Waals surface area contributed by atoms with Crippen LogP contribution in [0.15, 0.2) is 0 Å². The molecule has 0 spiro atoms. The third-order valence-electron chi connectivity index (χ3n) is 3.16. The molecule has 0 aliphatic heterocycles. The fraction of sp³-hybridized carbons (Fsp3) is 1.00. The first-order chi connectivity index (χ1) is 6.80. The standard InChI is InChI=1S/C11H22O3/c1-2-9-3-5-10(6-4-9)14-11(7-12)8-13/h9-13H,2-8H2,1H3. The summed E-state index contributed by atoms with van der Waals surface area (Å²) in [5.41, 5.74) is 0. The molecule has 3 nitrogen and oxygen atoms in total. The maximum atomic E-state index is 8.87. The number of hydrogen-bond acceptors (Lipinski definition) is 3. The highest BCUT2D eigenvalue weighted by Gasteiger charge is 2.22. The van der Waals surface area contributed by atoms with Crippen LogP contribution < -0.4 is 0 Å². The first-order valence-electron chi connectivity index (χ1n) is 5.67. The molecule has 3 heteroatoms. The van der Waals surface area contributed by atoms with Gasteiger partial charge in [0, 0.05) is 0 Å². The van der Waals surface area contributed by atoms with Crippen LogP contribution in [0.4, 0.5) is 0 Å². The SMILES string of the molecule is CCC1CCC(OC(CO)CO)CC1. The van der Waals surface area contributed by atoms with Crippen molar-refractivity contribution in [2.75, 3.05) is 13.2 Å². The molecule has 1 saturated carbocycles. The Hall–Kier alpha value is -0.120. The fourth-order valence-electron chi connectivity index (χ4n) is 2.09. The molecule has 0 atom stereocenters. The van der Waals surface area contributed by atoms with Gasteiger partial charge in [-0.3, -0.25) is 0 Å². The van der Waals surface area contributed by atoms with Crippen LogP contribution in [0, 0.1) is 5.92 Å². The van der Waals surface area contributed by atoms with Gasteiger partial charge in [-0.05, 0) is 31.6 Å². The lowest BCUT2D eigenvalue weighted by Gasteiger charge is -2.30. The third-order valence-corrected chi connectivity index (χ3v) is 3.16. The van der Waals surface area contributed by atoms with Crippen LogP contribution in [0.1, 0.15) is 39.0 Å². The van der Waals surface area contributed by atoms with Gasteiger partial charge in [-0.15, -0.1) is 0 Å². The Kier molecular flexibility index (Phi) is 5.45. The summed E-state index contributed by atoms with van der Waals surface area (Å²) in [6.07, 6.45) is 5.75. The first kappa shape index (κ1) is 12.0. The lowest BCUT2D eigenvalue weighted by Crippen LogP contribution is -2.31. The molecule has 0 bridgehead atoms. The Labute approximate surface area is 86.1 Å². The molecule has 0 aromatic heterocycles. The number of ether oxygens (including phenoxy) is 1. The summed E-state index contributed by atoms with van der Waals surface area (Å²) in [6.45, 7) is 2.07. The van der Waals surface area contributed by atoms with E-state index < -0.39 is 0 Å². The summed E-state index contributed by atoms with van der Waals surface area (Å²) in [5, 5.41) is 17.7. The second-order valence-corrected chi connectivity index (χ2v) is 4.17. The molecule has 84 valence electrons. The number of aliphatic hydroxyl groups excluding tert-OH is 2. The van der Waals surface area contributed by atoms with Crippen LogP contribution in [-0.4, -0.2) is 35.6 Å². The van der Waals surface area contributed by atoms with Crippen molar-refractivity contribution in [2.24, 2.45) is 5.92 Å². The molecule has 1 rings (SSSR count). The van der Waals surface area contributed by atoms with E-state index in [1.807, 2.05) is 0 Å². The van der Waals surface area contributed by atoms with E-state index in [-0.39, 0.29) is 25.4 Å². The van der Waals surface area contributed by atoms with E-state index in [1.54, 1.807) is 0 Å². The predicted octanol–water partition coefficient (Wildman–Crippen LogP) is 1.32. The van der Waals surface area contributed by atoms with E-state index in [9.17, 15) is 0 Å². The van der Waals surface area contributed by atoms with Crippen molar-refractivity contribution in [1.29, 1.82) is 0 Å². The summed E-state index contributed by atoms with van der Waals surface area (Å²) in [7, 11) is 0. The molecule has 0 unspecified atom stereocenters. The summed E-state index contributed by atoms with van der Waals surface area (Å²) >= 11 is 0. The number of rotatable bonds is 5. The van der Waals surface area contributed by atoms with Crippen LogP contribution in [0.25, 0.3) is 0 Å². The molecule has 0 radical (unpaired) electrons. The van der Waals surface area contributed by atoms with Crippen LogP contribution in [0.5, 0.6) is 0 Å². The smallest absolute Gasteiger partial charge is 0.104 e. The van der Waals surface area contributed by atoms with Gasteiger partial charge in [0.25, 0.3) is 0 Å². The van der Waals surface area contributed by atoms with E-state index in [1.165, 1.54) is 19.3 Å². The van der Waals surface area contributed by atoms with Crippen LogP contribution in [0.3, 0.4) is 0 Å². The van der Waals surface area contributed by atoms with E-state index in [2.05, 4.69) is 6.92 Å². The molecule has 1 fully saturated rings. The molecular weight excluding hydrogens is 180 g/mol. The van der Waals surface area contributed by atoms with Gasteiger partial charge in [0.05, 0.1) is 19.3 Å². The Morgan fingerprint density at radius 2 is 1.71 bits per heavy atom. The van der Waals surface area contributed by atoms with Gasteiger partial charge < -0.3 is 14.9 Å². The lowest BCUT2D eigenvalue weighted by atomic mass is 9.86. The van der Waals surface area contributed by atoms with Crippen molar-refractivity contribution in [2.45, 2.75) is 51.2 Å². The minimum absolute atomic E-state index is 0.0792. The molecule has 2 N–H and O–H groups in total. The van der Waals surface area contributed by atoms with E-state index in [0.717, 1.165) is 18.8 Å². The van der Waals surface area contributed by atoms with Gasteiger partial charge >= 0.3 is 0 Å². The highest BCUT2D eigenvalue weighted by molar-refractivity contribution is 4.73. The summed E-state index contributed by atoms with van der Waals surface area (Å²) in [4.78, 5) is 0. The van der Waals surface area contributed by atoms with Crippen LogP contribution in [-0.2, 0) is 4.74 Å². The van der Waals surface area contributed by atoms with Gasteiger partial charge in [0.15, 0.2) is 0 Å². The Morgan fingerprint density at radius 3 is 2.14 bits per heavy atom. The zero-order valence-electron chi connectivity index (χ0n) is 8.98. The zero-order valence-corrected chi connectivity index (χ0v) is 8.98. The summed E-state index contributed by atoms with van der Waals surface area (Å²) < 4.78 is 5.58. The molecule has 0 aromatic rings. The second-order valence-electron chi connectivity index (χ2n) is 4.17. The van der Waals surface area contributed by atoms with E-state index in [0.29, 0.717) is 0 Å². The summed E-state index contributed by atoms with van der Waals surface area (Å²) in [5.74, 6) is 0.858. The van der Waals surface area contributed by atoms with E-state index >= 15 is 0 Å². The highest BCUT2D eigenvalue weighted by Crippen LogP contribution is 2.28. The van der Waals surface area contributed by atoms with Gasteiger partial charge in [0.1, 0.15) is 6.10 Å². The van der Waals surface area contributed by atoms with Crippen molar-refractivity contribution in [1.82, 2.24) is 0 Å². The molecule has 0 saturated heterocycles. The minimum atomic E-state index is -0.377. The zero-order chi connectivity index (χ0) is 10.4. The highest BCUT2D eigenvalue weighted by atomic mass is 16.5. The summed E-state index contributed by atoms with van der Waals surface area (Å²) in [6, 6.07) is 0. The average Bonchev–Trinajstić information content (AvgIpc) is 2.26. The largest absolute Gasteiger partial charge is 0.394 e. The predicted molar refractivity (Wildman–Crippen MR) is 55.1 cm³/mol. The first-order valence-corrected chi connectivity index (χ1v) is 5.67. The maximum Gasteiger partial charge on any atom is 0.104 e. The van der Waals surface area contributed by atoms with Gasteiger partial charge in [-0.2, -0.15) is 0 Å². The van der Waals surface area contributed by atoms with Gasteiger partial charge in [-0.1, -0.05) is 13.3 Å². The Morgan fingerprint density at radius 1 is 1.14 bits per heavy atom. The van der Waals surface area contributed by atoms with Crippen LogP contribution >= 0.6 is 0 Å². The van der Waals surface area contributed by atoms with Gasteiger partial charge in [0.2, 0.25) is 0 Å². The maximum absolute atomic E-state index is 8.87. The number of aliphatic hydroxyl groups is 2. The molecular formula is C11H22O3.